The van der Waals surface area contributed by atoms with Gasteiger partial charge in [0.15, 0.2) is 0 Å². The molecular weight excluding hydrogens is 228 g/mol. The highest BCUT2D eigenvalue weighted by Crippen LogP contribution is 2.21. The molecule has 0 spiro atoms. The number of rotatable bonds is 3. The molecule has 0 aromatic carbocycles. The Kier molecular flexibility index (Phi) is 4.04. The van der Waals surface area contributed by atoms with Gasteiger partial charge in [-0.25, -0.2) is 0 Å². The molecular formula is C14H22N2O2. The Balaban J connectivity index is 2.07. The van der Waals surface area contributed by atoms with E-state index in [1.165, 1.54) is 0 Å². The summed E-state index contributed by atoms with van der Waals surface area (Å²) in [5.74, 6) is 0.490. The number of allylic oxidation sites excluding steroid dienone is 1. The highest BCUT2D eigenvalue weighted by Gasteiger charge is 2.36. The third-order valence-corrected chi connectivity index (χ3v) is 3.62. The molecule has 2 unspecified atom stereocenters. The summed E-state index contributed by atoms with van der Waals surface area (Å²) in [6.45, 7) is 4.37. The molecule has 1 saturated heterocycles. The van der Waals surface area contributed by atoms with Gasteiger partial charge in [-0.2, -0.15) is 0 Å². The highest BCUT2D eigenvalue weighted by molar-refractivity contribution is 5.95. The number of carbonyl (C=O) groups is 2. The van der Waals surface area contributed by atoms with Crippen LogP contribution >= 0.6 is 0 Å². The first-order chi connectivity index (χ1) is 8.58. The molecule has 100 valence electrons. The van der Waals surface area contributed by atoms with E-state index in [9.17, 15) is 9.59 Å². The normalized spacial score (nSPS) is 28.7. The third-order valence-electron chi connectivity index (χ3n) is 3.62. The van der Waals surface area contributed by atoms with Gasteiger partial charge in [-0.15, -0.1) is 0 Å². The number of nitrogens with zero attached hydrogens (tertiary/aromatic N) is 1. The van der Waals surface area contributed by atoms with E-state index in [1.54, 1.807) is 4.90 Å². The van der Waals surface area contributed by atoms with Crippen LogP contribution in [0, 0.1) is 5.92 Å². The van der Waals surface area contributed by atoms with E-state index in [0.717, 1.165) is 25.7 Å². The van der Waals surface area contributed by atoms with Crippen molar-refractivity contribution in [3.63, 3.8) is 0 Å². The number of carbonyl (C=O) groups excluding carboxylic acids is 2. The van der Waals surface area contributed by atoms with Crippen LogP contribution in [0.5, 0.6) is 0 Å². The van der Waals surface area contributed by atoms with Gasteiger partial charge in [0.2, 0.25) is 11.8 Å². The number of hydrogen-bond donors (Lipinski definition) is 1. The molecule has 2 rings (SSSR count). The van der Waals surface area contributed by atoms with Crippen LogP contribution in [0.3, 0.4) is 0 Å². The zero-order valence-corrected chi connectivity index (χ0v) is 11.2. The van der Waals surface area contributed by atoms with Gasteiger partial charge in [-0.3, -0.25) is 9.59 Å². The molecule has 2 atom stereocenters. The Labute approximate surface area is 108 Å². The van der Waals surface area contributed by atoms with E-state index in [1.807, 2.05) is 0 Å². The quantitative estimate of drug-likeness (QED) is 0.771. The van der Waals surface area contributed by atoms with Crippen LogP contribution in [-0.4, -0.2) is 35.3 Å². The van der Waals surface area contributed by atoms with Crippen LogP contribution in [0.2, 0.25) is 0 Å². The second kappa shape index (κ2) is 5.55. The molecule has 0 bridgehead atoms. The zero-order valence-electron chi connectivity index (χ0n) is 11.2. The summed E-state index contributed by atoms with van der Waals surface area (Å²) in [5, 5.41) is 2.82. The Morgan fingerprint density at radius 3 is 2.78 bits per heavy atom. The van der Waals surface area contributed by atoms with Crippen LogP contribution in [0.15, 0.2) is 12.2 Å². The summed E-state index contributed by atoms with van der Waals surface area (Å²) in [6, 6.07) is -0.111. The van der Waals surface area contributed by atoms with Crippen molar-refractivity contribution in [2.45, 2.75) is 51.6 Å². The molecule has 1 fully saturated rings. The van der Waals surface area contributed by atoms with Crippen molar-refractivity contribution < 1.29 is 9.59 Å². The van der Waals surface area contributed by atoms with Crippen molar-refractivity contribution >= 4 is 11.8 Å². The summed E-state index contributed by atoms with van der Waals surface area (Å²) < 4.78 is 0. The molecule has 4 nitrogen and oxygen atoms in total. The van der Waals surface area contributed by atoms with Crippen molar-refractivity contribution in [1.29, 1.82) is 0 Å². The molecule has 1 heterocycles. The van der Waals surface area contributed by atoms with E-state index in [4.69, 9.17) is 0 Å². The Hall–Kier alpha value is -1.32. The lowest BCUT2D eigenvalue weighted by molar-refractivity contribution is -0.147. The first-order valence-corrected chi connectivity index (χ1v) is 6.82. The van der Waals surface area contributed by atoms with E-state index in [0.29, 0.717) is 5.92 Å². The van der Waals surface area contributed by atoms with Gasteiger partial charge in [-0.1, -0.05) is 26.0 Å². The van der Waals surface area contributed by atoms with Gasteiger partial charge in [0, 0.05) is 6.04 Å². The molecule has 0 radical (unpaired) electrons. The fourth-order valence-electron chi connectivity index (χ4n) is 2.74. The van der Waals surface area contributed by atoms with Gasteiger partial charge in [-0.05, 0) is 31.6 Å². The minimum Gasteiger partial charge on any atom is -0.343 e. The summed E-state index contributed by atoms with van der Waals surface area (Å²) in [7, 11) is 0. The van der Waals surface area contributed by atoms with Crippen LogP contribution in [-0.2, 0) is 9.59 Å². The van der Waals surface area contributed by atoms with Gasteiger partial charge < -0.3 is 10.2 Å². The summed E-state index contributed by atoms with van der Waals surface area (Å²) in [6.07, 6.45) is 7.86. The average molecular weight is 250 g/mol. The topological polar surface area (TPSA) is 49.4 Å². The van der Waals surface area contributed by atoms with Crippen molar-refractivity contribution in [3.05, 3.63) is 12.2 Å². The van der Waals surface area contributed by atoms with E-state index < -0.39 is 0 Å². The fourth-order valence-corrected chi connectivity index (χ4v) is 2.74. The first-order valence-electron chi connectivity index (χ1n) is 6.82. The maximum absolute atomic E-state index is 12.4. The van der Waals surface area contributed by atoms with Gasteiger partial charge in [0.05, 0.1) is 6.54 Å². The number of amides is 2. The molecule has 0 aromatic rings. The SMILES string of the molecule is CC(C)CC1NC(=O)CN(C2CC=CCC2)C1=O. The van der Waals surface area contributed by atoms with E-state index >= 15 is 0 Å². The Morgan fingerprint density at radius 1 is 1.39 bits per heavy atom. The van der Waals surface area contributed by atoms with Crippen molar-refractivity contribution in [1.82, 2.24) is 10.2 Å². The minimum atomic E-state index is -0.322. The number of hydrogen-bond acceptors (Lipinski definition) is 2. The highest BCUT2D eigenvalue weighted by atomic mass is 16.2. The fraction of sp³-hybridized carbons (Fsp3) is 0.714. The molecule has 1 N–H and O–H groups in total. The number of nitrogens with one attached hydrogen (secondary N) is 1. The zero-order chi connectivity index (χ0) is 13.1. The predicted molar refractivity (Wildman–Crippen MR) is 69.9 cm³/mol. The van der Waals surface area contributed by atoms with Crippen molar-refractivity contribution in [3.8, 4) is 0 Å². The lowest BCUT2D eigenvalue weighted by Crippen LogP contribution is -2.60. The first kappa shape index (κ1) is 13.1. The maximum Gasteiger partial charge on any atom is 0.245 e. The van der Waals surface area contributed by atoms with Crippen molar-refractivity contribution in [2.75, 3.05) is 6.54 Å². The molecule has 2 amide bonds. The van der Waals surface area contributed by atoms with Crippen molar-refractivity contribution in [2.24, 2.45) is 5.92 Å². The third kappa shape index (κ3) is 2.92. The summed E-state index contributed by atoms with van der Waals surface area (Å²) in [4.78, 5) is 25.9. The predicted octanol–water partition coefficient (Wildman–Crippen LogP) is 1.47. The molecule has 0 aromatic heterocycles. The largest absolute Gasteiger partial charge is 0.343 e. The second-order valence-electron chi connectivity index (χ2n) is 5.65. The second-order valence-corrected chi connectivity index (χ2v) is 5.65. The maximum atomic E-state index is 12.4. The van der Waals surface area contributed by atoms with Crippen LogP contribution in [0.25, 0.3) is 0 Å². The molecule has 1 aliphatic heterocycles. The minimum absolute atomic E-state index is 0.0187. The Bertz CT molecular complexity index is 363. The van der Waals surface area contributed by atoms with E-state index in [2.05, 4.69) is 31.3 Å². The molecule has 1 aliphatic carbocycles. The molecule has 18 heavy (non-hydrogen) atoms. The van der Waals surface area contributed by atoms with Crippen LogP contribution < -0.4 is 5.32 Å². The lowest BCUT2D eigenvalue weighted by Gasteiger charge is -2.39. The molecule has 2 aliphatic rings. The van der Waals surface area contributed by atoms with Gasteiger partial charge >= 0.3 is 0 Å². The summed E-state index contributed by atoms with van der Waals surface area (Å²) in [5.41, 5.74) is 0. The van der Waals surface area contributed by atoms with Crippen LogP contribution in [0.4, 0.5) is 0 Å². The lowest BCUT2D eigenvalue weighted by atomic mass is 9.96. The van der Waals surface area contributed by atoms with E-state index in [-0.39, 0.29) is 30.4 Å². The van der Waals surface area contributed by atoms with Gasteiger partial charge in [0.25, 0.3) is 0 Å². The van der Waals surface area contributed by atoms with Gasteiger partial charge in [0.1, 0.15) is 6.04 Å². The molecule has 4 heteroatoms. The number of piperazine rings is 1. The van der Waals surface area contributed by atoms with Crippen LogP contribution in [0.1, 0.15) is 39.5 Å². The standard InChI is InChI=1S/C14H22N2O2/c1-10(2)8-12-14(18)16(9-13(17)15-12)11-6-4-3-5-7-11/h3-4,10-12H,5-9H2,1-2H3,(H,15,17). The Morgan fingerprint density at radius 2 is 2.17 bits per heavy atom. The smallest absolute Gasteiger partial charge is 0.245 e. The average Bonchev–Trinajstić information content (AvgIpc) is 2.34. The monoisotopic (exact) mass is 250 g/mol. The summed E-state index contributed by atoms with van der Waals surface area (Å²) >= 11 is 0. The molecule has 0 saturated carbocycles.